The summed E-state index contributed by atoms with van der Waals surface area (Å²) < 4.78 is 34.9. The van der Waals surface area contributed by atoms with Crippen LogP contribution in [0.3, 0.4) is 0 Å². The minimum atomic E-state index is -4.14. The molecule has 1 saturated carbocycles. The summed E-state index contributed by atoms with van der Waals surface area (Å²) in [6.07, 6.45) is 3.78. The molecule has 0 amide bonds. The third-order valence-electron chi connectivity index (χ3n) is 3.74. The Hall–Kier alpha value is 0.340. The maximum Gasteiger partial charge on any atom is 1.00 e. The van der Waals surface area contributed by atoms with Crippen LogP contribution in [0, 0.1) is 11.8 Å². The number of carbonyl (C=O) groups excluding carboxylic acids is 1. The summed E-state index contributed by atoms with van der Waals surface area (Å²) in [4.78, 5) is 11.7. The Morgan fingerprint density at radius 2 is 1.90 bits per heavy atom. The number of carbonyl (C=O) groups is 1. The standard InChI is InChI=1S/C12H22O6S.Na.H/c1-18-12(14)10(7-8-19(15,16)17)11(13)9-5-3-2-4-6-9;;/h9-11,13H,2-8H2,1H3,(H,15,16,17);;/q;+1;-1. The molecule has 0 bridgehead atoms. The average Bonchev–Trinajstić information content (AvgIpc) is 2.38. The number of hydrogen-bond acceptors (Lipinski definition) is 5. The number of esters is 1. The molecule has 0 radical (unpaired) electrons. The quantitative estimate of drug-likeness (QED) is 0.337. The number of aliphatic hydroxyl groups excluding tert-OH is 1. The van der Waals surface area contributed by atoms with Crippen molar-refractivity contribution in [2.75, 3.05) is 12.9 Å². The van der Waals surface area contributed by atoms with Gasteiger partial charge in [-0.15, -0.1) is 0 Å². The van der Waals surface area contributed by atoms with Crippen LogP contribution in [0.25, 0.3) is 0 Å². The van der Waals surface area contributed by atoms with Crippen LogP contribution in [0.15, 0.2) is 0 Å². The van der Waals surface area contributed by atoms with E-state index in [-0.39, 0.29) is 43.3 Å². The smallest absolute Gasteiger partial charge is 1.00 e. The third kappa shape index (κ3) is 6.87. The predicted molar refractivity (Wildman–Crippen MR) is 70.2 cm³/mol. The van der Waals surface area contributed by atoms with Crippen molar-refractivity contribution < 1.29 is 58.6 Å². The van der Waals surface area contributed by atoms with Gasteiger partial charge in [-0.05, 0) is 25.2 Å². The Balaban J connectivity index is 0. The van der Waals surface area contributed by atoms with Crippen LogP contribution in [-0.4, -0.2) is 43.0 Å². The SMILES string of the molecule is COC(=O)C(CCS(=O)(=O)O)C(O)C1CCCCC1.[H-].[Na+]. The van der Waals surface area contributed by atoms with E-state index in [4.69, 9.17) is 4.55 Å². The van der Waals surface area contributed by atoms with Gasteiger partial charge in [0.25, 0.3) is 10.1 Å². The van der Waals surface area contributed by atoms with E-state index in [0.717, 1.165) is 32.1 Å². The van der Waals surface area contributed by atoms with Crippen LogP contribution < -0.4 is 29.6 Å². The van der Waals surface area contributed by atoms with Crippen molar-refractivity contribution in [2.24, 2.45) is 11.8 Å². The zero-order valence-corrected chi connectivity index (χ0v) is 14.9. The van der Waals surface area contributed by atoms with E-state index in [1.54, 1.807) is 0 Å². The van der Waals surface area contributed by atoms with Gasteiger partial charge in [0.1, 0.15) is 0 Å². The number of aliphatic hydroxyl groups is 1. The molecule has 0 saturated heterocycles. The van der Waals surface area contributed by atoms with Crippen molar-refractivity contribution in [3.63, 3.8) is 0 Å². The van der Waals surface area contributed by atoms with E-state index < -0.39 is 33.9 Å². The summed E-state index contributed by atoms with van der Waals surface area (Å²) in [5.41, 5.74) is 0. The van der Waals surface area contributed by atoms with Crippen LogP contribution in [0.1, 0.15) is 40.0 Å². The van der Waals surface area contributed by atoms with E-state index in [1.807, 2.05) is 0 Å². The van der Waals surface area contributed by atoms with E-state index in [0.29, 0.717) is 0 Å². The summed E-state index contributed by atoms with van der Waals surface area (Å²) in [6, 6.07) is 0. The second-order valence-corrected chi connectivity index (χ2v) is 6.67. The molecular formula is C12H23NaO6S. The average molecular weight is 318 g/mol. The van der Waals surface area contributed by atoms with Gasteiger partial charge in [0.2, 0.25) is 0 Å². The van der Waals surface area contributed by atoms with Crippen molar-refractivity contribution in [3.05, 3.63) is 0 Å². The van der Waals surface area contributed by atoms with Gasteiger partial charge in [-0.25, -0.2) is 0 Å². The van der Waals surface area contributed by atoms with Gasteiger partial charge >= 0.3 is 35.5 Å². The Morgan fingerprint density at radius 3 is 2.35 bits per heavy atom. The van der Waals surface area contributed by atoms with E-state index >= 15 is 0 Å². The zero-order valence-electron chi connectivity index (χ0n) is 13.1. The molecule has 1 rings (SSSR count). The summed E-state index contributed by atoms with van der Waals surface area (Å²) in [5, 5.41) is 10.3. The van der Waals surface area contributed by atoms with Gasteiger partial charge in [-0.2, -0.15) is 8.42 Å². The molecule has 8 heteroatoms. The fraction of sp³-hybridized carbons (Fsp3) is 0.917. The fourth-order valence-corrected chi connectivity index (χ4v) is 3.21. The van der Waals surface area contributed by atoms with Gasteiger partial charge in [-0.3, -0.25) is 9.35 Å². The molecule has 0 aliphatic heterocycles. The first-order chi connectivity index (χ1) is 8.85. The van der Waals surface area contributed by atoms with Crippen LogP contribution in [0.2, 0.25) is 0 Å². The summed E-state index contributed by atoms with van der Waals surface area (Å²) in [5.74, 6) is -2.06. The largest absolute Gasteiger partial charge is 1.00 e. The Morgan fingerprint density at radius 1 is 1.35 bits per heavy atom. The summed E-state index contributed by atoms with van der Waals surface area (Å²) in [7, 11) is -2.94. The van der Waals surface area contributed by atoms with Crippen molar-refractivity contribution >= 4 is 16.1 Å². The van der Waals surface area contributed by atoms with Gasteiger partial charge in [-0.1, -0.05) is 19.3 Å². The second-order valence-electron chi connectivity index (χ2n) is 5.09. The van der Waals surface area contributed by atoms with Gasteiger partial charge < -0.3 is 11.3 Å². The Kier molecular flexibility index (Phi) is 9.54. The van der Waals surface area contributed by atoms with Gasteiger partial charge in [0.15, 0.2) is 0 Å². The molecule has 2 unspecified atom stereocenters. The van der Waals surface area contributed by atoms with Crippen LogP contribution in [0.5, 0.6) is 0 Å². The van der Waals surface area contributed by atoms with Gasteiger partial charge in [0, 0.05) is 0 Å². The van der Waals surface area contributed by atoms with E-state index in [1.165, 1.54) is 7.11 Å². The monoisotopic (exact) mass is 318 g/mol. The molecule has 0 aromatic heterocycles. The molecule has 0 spiro atoms. The topological polar surface area (TPSA) is 101 Å². The number of methoxy groups -OCH3 is 1. The first-order valence-corrected chi connectivity index (χ1v) is 8.17. The molecule has 0 aromatic rings. The van der Waals surface area contributed by atoms with Crippen LogP contribution >= 0.6 is 0 Å². The number of hydrogen-bond donors (Lipinski definition) is 2. The maximum atomic E-state index is 11.7. The molecule has 20 heavy (non-hydrogen) atoms. The van der Waals surface area contributed by atoms with E-state index in [9.17, 15) is 18.3 Å². The fourth-order valence-electron chi connectivity index (χ4n) is 2.66. The predicted octanol–water partition coefficient (Wildman–Crippen LogP) is -1.89. The molecule has 2 atom stereocenters. The van der Waals surface area contributed by atoms with Gasteiger partial charge in [0.05, 0.1) is 24.9 Å². The Labute approximate surface area is 143 Å². The molecule has 6 nitrogen and oxygen atoms in total. The minimum absolute atomic E-state index is 0. The van der Waals surface area contributed by atoms with Crippen molar-refractivity contribution in [3.8, 4) is 0 Å². The number of rotatable bonds is 6. The normalized spacial score (nSPS) is 19.8. The molecule has 1 aliphatic rings. The van der Waals surface area contributed by atoms with Crippen molar-refractivity contribution in [2.45, 2.75) is 44.6 Å². The minimum Gasteiger partial charge on any atom is -1.00 e. The molecule has 2 N–H and O–H groups in total. The molecule has 1 aliphatic carbocycles. The summed E-state index contributed by atoms with van der Waals surface area (Å²) >= 11 is 0. The van der Waals surface area contributed by atoms with Crippen LogP contribution in [0.4, 0.5) is 0 Å². The van der Waals surface area contributed by atoms with Crippen LogP contribution in [-0.2, 0) is 19.6 Å². The first kappa shape index (κ1) is 20.3. The zero-order chi connectivity index (χ0) is 14.5. The van der Waals surface area contributed by atoms with Crippen molar-refractivity contribution in [1.29, 1.82) is 0 Å². The molecule has 0 heterocycles. The molecular weight excluding hydrogens is 295 g/mol. The number of ether oxygens (including phenoxy) is 1. The second kappa shape index (κ2) is 9.38. The summed E-state index contributed by atoms with van der Waals surface area (Å²) in [6.45, 7) is 0. The molecule has 1 fully saturated rings. The van der Waals surface area contributed by atoms with Crippen molar-refractivity contribution in [1.82, 2.24) is 0 Å². The molecule has 114 valence electrons. The third-order valence-corrected chi connectivity index (χ3v) is 4.49. The first-order valence-electron chi connectivity index (χ1n) is 6.56. The molecule has 0 aromatic carbocycles. The Bertz CT molecular complexity index is 397. The maximum absolute atomic E-state index is 11.7. The van der Waals surface area contributed by atoms with E-state index in [2.05, 4.69) is 4.74 Å².